The number of aliphatic hydroxyl groups is 5. The van der Waals surface area contributed by atoms with Gasteiger partial charge < -0.3 is 45.6 Å². The van der Waals surface area contributed by atoms with Crippen LogP contribution in [0.3, 0.4) is 0 Å². The third-order valence-electron chi connectivity index (χ3n) is 7.91. The topological polar surface area (TPSA) is 194 Å². The fourth-order valence-corrected chi connectivity index (χ4v) is 5.25. The fourth-order valence-electron chi connectivity index (χ4n) is 5.25. The Kier molecular flexibility index (Phi) is 15.8. The molecule has 2 aromatic rings. The summed E-state index contributed by atoms with van der Waals surface area (Å²) in [5.74, 6) is -4.63. The molecule has 0 spiro atoms. The van der Waals surface area contributed by atoms with Gasteiger partial charge in [-0.15, -0.1) is 0 Å². The maximum absolute atomic E-state index is 12.8. The van der Waals surface area contributed by atoms with Crippen molar-refractivity contribution in [2.45, 2.75) is 114 Å². The van der Waals surface area contributed by atoms with Gasteiger partial charge >= 0.3 is 17.9 Å². The molecule has 1 aromatic heterocycles. The normalized spacial score (nSPS) is 24.1. The molecular weight excluding hydrogens is 608 g/mol. The van der Waals surface area contributed by atoms with Gasteiger partial charge in [0.15, 0.2) is 6.10 Å². The molecule has 2 unspecified atom stereocenters. The number of hydrogen-bond donors (Lipinski definition) is 6. The Bertz CT molecular complexity index is 1350. The van der Waals surface area contributed by atoms with Gasteiger partial charge in [-0.3, -0.25) is 4.79 Å². The third-order valence-corrected chi connectivity index (χ3v) is 7.91. The Morgan fingerprint density at radius 1 is 0.979 bits per heavy atom. The van der Waals surface area contributed by atoms with Crippen molar-refractivity contribution in [1.29, 1.82) is 0 Å². The first kappa shape index (κ1) is 38.1. The van der Waals surface area contributed by atoms with Gasteiger partial charge in [0.25, 0.3) is 0 Å². The molecule has 6 atom stereocenters. The second-order valence-corrected chi connectivity index (χ2v) is 11.7. The minimum atomic E-state index is -3.05. The van der Waals surface area contributed by atoms with Crippen molar-refractivity contribution in [2.24, 2.45) is 5.73 Å². The first-order valence-electron chi connectivity index (χ1n) is 16.4. The molecule has 1 fully saturated rings. The number of hydrogen-bond acceptors (Lipinski definition) is 11. The van der Waals surface area contributed by atoms with E-state index in [0.29, 0.717) is 22.9 Å². The number of nitrogens with zero attached hydrogens (tertiary/aromatic N) is 1. The number of para-hydroxylation sites is 1. The minimum Gasteiger partial charge on any atom is -0.404 e. The van der Waals surface area contributed by atoms with Crippen LogP contribution >= 0.6 is 0 Å². The van der Waals surface area contributed by atoms with Crippen LogP contribution in [0.2, 0.25) is 0 Å². The standard InChI is InChI=1S/C35H50N2O10/c1-2-3-4-5-6-7-8-9-10-11-12-13-14-15-16-21-30(39)47-37-23-25(26-19-17-18-20-28(26)37)22-27(36)34(43)46-35(44)33(42)32(41)31(40)29(24-38)45-35/h3-4,6-7,9-10,17-20,23,27,29,31-33,38,40-42,44H,2,5,8,11-16,21-22,24,36H2,1H3/b4-3-,7-6-,10-9-/t27?,29-,31-,32+,33-,35?/m1/s1. The molecule has 2 heterocycles. The molecule has 12 nitrogen and oxygen atoms in total. The molecule has 0 aliphatic carbocycles. The van der Waals surface area contributed by atoms with Crippen LogP contribution in [0.1, 0.15) is 76.7 Å². The molecule has 12 heteroatoms. The zero-order valence-electron chi connectivity index (χ0n) is 27.0. The number of esters is 1. The highest BCUT2D eigenvalue weighted by atomic mass is 16.8. The summed E-state index contributed by atoms with van der Waals surface area (Å²) in [5, 5.41) is 50.7. The van der Waals surface area contributed by atoms with Gasteiger partial charge in [-0.25, -0.2) is 4.79 Å². The molecule has 0 amide bonds. The lowest BCUT2D eigenvalue weighted by atomic mass is 9.98. The molecule has 1 aromatic carbocycles. The Morgan fingerprint density at radius 2 is 1.64 bits per heavy atom. The number of aliphatic hydroxyl groups excluding tert-OH is 4. The van der Waals surface area contributed by atoms with Crippen LogP contribution < -0.4 is 10.6 Å². The average molecular weight is 659 g/mol. The van der Waals surface area contributed by atoms with Gasteiger partial charge in [-0.05, 0) is 50.2 Å². The van der Waals surface area contributed by atoms with E-state index < -0.39 is 55.0 Å². The number of ether oxygens (including phenoxy) is 2. The Morgan fingerprint density at radius 3 is 2.36 bits per heavy atom. The van der Waals surface area contributed by atoms with Crippen molar-refractivity contribution < 1.29 is 49.4 Å². The van der Waals surface area contributed by atoms with Crippen molar-refractivity contribution in [3.05, 3.63) is 72.5 Å². The van der Waals surface area contributed by atoms with Gasteiger partial charge in [0, 0.05) is 24.4 Å². The van der Waals surface area contributed by atoms with Gasteiger partial charge in [0.2, 0.25) is 0 Å². The number of benzene rings is 1. The van der Waals surface area contributed by atoms with Crippen LogP contribution in [0.4, 0.5) is 0 Å². The van der Waals surface area contributed by atoms with Crippen molar-refractivity contribution in [1.82, 2.24) is 4.73 Å². The van der Waals surface area contributed by atoms with Crippen LogP contribution in [0, 0.1) is 0 Å². The van der Waals surface area contributed by atoms with Crippen LogP contribution in [0.25, 0.3) is 10.9 Å². The number of unbranched alkanes of at least 4 members (excludes halogenated alkanes) is 5. The summed E-state index contributed by atoms with van der Waals surface area (Å²) in [4.78, 5) is 31.0. The van der Waals surface area contributed by atoms with Crippen LogP contribution in [0.15, 0.2) is 66.9 Å². The number of allylic oxidation sites excluding steroid dienone is 6. The van der Waals surface area contributed by atoms with Gasteiger partial charge in [0.05, 0.1) is 12.1 Å². The van der Waals surface area contributed by atoms with Crippen LogP contribution in [0.5, 0.6) is 0 Å². The number of carbonyl (C=O) groups is 2. The first-order chi connectivity index (χ1) is 22.6. The van der Waals surface area contributed by atoms with E-state index in [4.69, 9.17) is 20.0 Å². The summed E-state index contributed by atoms with van der Waals surface area (Å²) in [6.07, 6.45) is 16.3. The SMILES string of the molecule is CC/C=C\C/C=C\C/C=C\CCCCCCCC(=O)On1cc(CC(N)C(=O)OC2(O)O[C@H](CO)[C@@H](O)[C@H](O)[C@H]2O)c2ccccc21. The predicted octanol–water partition coefficient (Wildman–Crippen LogP) is 2.72. The average Bonchev–Trinajstić information content (AvgIpc) is 3.39. The molecule has 1 aliphatic heterocycles. The maximum atomic E-state index is 12.8. The molecule has 1 aliphatic rings. The number of aromatic nitrogens is 1. The van der Waals surface area contributed by atoms with E-state index in [0.717, 1.165) is 51.4 Å². The van der Waals surface area contributed by atoms with E-state index in [1.54, 1.807) is 30.5 Å². The summed E-state index contributed by atoms with van der Waals surface area (Å²) in [6, 6.07) is 5.71. The molecule has 1 saturated heterocycles. The van der Waals surface area contributed by atoms with E-state index >= 15 is 0 Å². The second-order valence-electron chi connectivity index (χ2n) is 11.7. The summed E-state index contributed by atoms with van der Waals surface area (Å²) in [6.45, 7) is 1.30. The third kappa shape index (κ3) is 11.4. The van der Waals surface area contributed by atoms with Crippen LogP contribution in [-0.4, -0.2) is 85.2 Å². The zero-order chi connectivity index (χ0) is 34.2. The van der Waals surface area contributed by atoms with Gasteiger partial charge in [-0.1, -0.05) is 80.8 Å². The van der Waals surface area contributed by atoms with Crippen molar-refractivity contribution in [2.75, 3.05) is 6.61 Å². The molecule has 47 heavy (non-hydrogen) atoms. The highest BCUT2D eigenvalue weighted by Crippen LogP contribution is 2.30. The minimum absolute atomic E-state index is 0.104. The van der Waals surface area contributed by atoms with Gasteiger partial charge in [0.1, 0.15) is 24.4 Å². The molecule has 7 N–H and O–H groups in total. The maximum Gasteiger partial charge on any atom is 0.357 e. The predicted molar refractivity (Wildman–Crippen MR) is 175 cm³/mol. The molecule has 3 rings (SSSR count). The molecule has 0 bridgehead atoms. The first-order valence-corrected chi connectivity index (χ1v) is 16.4. The Labute approximate surface area is 275 Å². The smallest absolute Gasteiger partial charge is 0.357 e. The fraction of sp³-hybridized carbons (Fsp3) is 0.543. The lowest BCUT2D eigenvalue weighted by Crippen LogP contribution is -2.67. The van der Waals surface area contributed by atoms with E-state index in [1.165, 1.54) is 4.73 Å². The van der Waals surface area contributed by atoms with E-state index in [2.05, 4.69) is 43.4 Å². The van der Waals surface area contributed by atoms with Crippen molar-refractivity contribution in [3.8, 4) is 0 Å². The second kappa shape index (κ2) is 19.5. The molecule has 0 saturated carbocycles. The zero-order valence-corrected chi connectivity index (χ0v) is 27.0. The Balaban J connectivity index is 1.43. The summed E-state index contributed by atoms with van der Waals surface area (Å²) >= 11 is 0. The van der Waals surface area contributed by atoms with Gasteiger partial charge in [-0.2, -0.15) is 4.73 Å². The molecule has 260 valence electrons. The Hall–Kier alpha value is -3.36. The summed E-state index contributed by atoms with van der Waals surface area (Å²) in [7, 11) is 0. The lowest BCUT2D eigenvalue weighted by Gasteiger charge is -2.43. The number of carbonyl (C=O) groups excluding carboxylic acids is 2. The van der Waals surface area contributed by atoms with E-state index in [-0.39, 0.29) is 12.8 Å². The van der Waals surface area contributed by atoms with Crippen LogP contribution in [-0.2, 0) is 25.5 Å². The van der Waals surface area contributed by atoms with E-state index in [9.17, 15) is 35.1 Å². The number of fused-ring (bicyclic) bond motifs is 1. The highest BCUT2D eigenvalue weighted by Gasteiger charge is 2.56. The highest BCUT2D eigenvalue weighted by molar-refractivity contribution is 5.86. The summed E-state index contributed by atoms with van der Waals surface area (Å²) < 4.78 is 11.2. The largest absolute Gasteiger partial charge is 0.404 e. The summed E-state index contributed by atoms with van der Waals surface area (Å²) in [5.41, 5.74) is 7.20. The molecule has 0 radical (unpaired) electrons. The molecular formula is C35H50N2O10. The van der Waals surface area contributed by atoms with Crippen molar-refractivity contribution in [3.63, 3.8) is 0 Å². The number of rotatable bonds is 19. The van der Waals surface area contributed by atoms with Crippen molar-refractivity contribution >= 4 is 22.8 Å². The number of nitrogens with two attached hydrogens (primary N) is 1. The lowest BCUT2D eigenvalue weighted by molar-refractivity contribution is -0.434. The van der Waals surface area contributed by atoms with E-state index in [1.807, 2.05) is 0 Å². The quantitative estimate of drug-likeness (QED) is 0.0563. The monoisotopic (exact) mass is 658 g/mol.